The van der Waals surface area contributed by atoms with Gasteiger partial charge >= 0.3 is 0 Å². The molecule has 0 atom stereocenters. The Bertz CT molecular complexity index is 510. The van der Waals surface area contributed by atoms with Crippen molar-refractivity contribution in [3.05, 3.63) is 29.3 Å². The fraction of sp³-hybridized carbons (Fsp3) is 0.588. The summed E-state index contributed by atoms with van der Waals surface area (Å²) < 4.78 is 0. The maximum absolute atomic E-state index is 12.1. The first-order valence-corrected chi connectivity index (χ1v) is 8.58. The molecule has 2 aliphatic rings. The minimum atomic E-state index is 0.0339. The summed E-state index contributed by atoms with van der Waals surface area (Å²) in [5.41, 5.74) is 0.762. The van der Waals surface area contributed by atoms with Crippen LogP contribution in [0, 0.1) is 5.92 Å². The lowest BCUT2D eigenvalue weighted by atomic mass is 10.0. The average Bonchev–Trinajstić information content (AvgIpc) is 3.31. The number of hydrogen-bond donors (Lipinski definition) is 2. The summed E-state index contributed by atoms with van der Waals surface area (Å²) in [7, 11) is 0. The van der Waals surface area contributed by atoms with Gasteiger partial charge in [-0.25, -0.2) is 0 Å². The standard InChI is InChI=1S/C17H24ClN3O/c18-14-2-1-3-16(10-14)20-17(22)12-21-8-6-15(7-9-21)19-11-13-4-5-13/h1-3,10,13,15,19H,4-9,11-12H2,(H,20,22). The predicted molar refractivity (Wildman–Crippen MR) is 90.3 cm³/mol. The number of nitrogens with zero attached hydrogens (tertiary/aromatic N) is 1. The lowest BCUT2D eigenvalue weighted by molar-refractivity contribution is -0.117. The molecule has 1 aromatic rings. The highest BCUT2D eigenvalue weighted by molar-refractivity contribution is 6.30. The minimum absolute atomic E-state index is 0.0339. The molecular formula is C17H24ClN3O. The lowest BCUT2D eigenvalue weighted by Crippen LogP contribution is -2.45. The topological polar surface area (TPSA) is 44.4 Å². The van der Waals surface area contributed by atoms with Crippen LogP contribution in [0.15, 0.2) is 24.3 Å². The second-order valence-electron chi connectivity index (χ2n) is 6.46. The van der Waals surface area contributed by atoms with Crippen molar-refractivity contribution in [3.8, 4) is 0 Å². The van der Waals surface area contributed by atoms with Gasteiger partial charge in [0.05, 0.1) is 6.54 Å². The first kappa shape index (κ1) is 15.8. The number of piperidine rings is 1. The van der Waals surface area contributed by atoms with Crippen LogP contribution < -0.4 is 10.6 Å². The molecule has 2 fully saturated rings. The second-order valence-corrected chi connectivity index (χ2v) is 6.90. The number of halogens is 1. The number of carbonyl (C=O) groups is 1. The van der Waals surface area contributed by atoms with Crippen LogP contribution in [-0.4, -0.2) is 43.0 Å². The molecule has 22 heavy (non-hydrogen) atoms. The van der Waals surface area contributed by atoms with Crippen molar-refractivity contribution in [2.24, 2.45) is 5.92 Å². The van der Waals surface area contributed by atoms with Crippen molar-refractivity contribution in [3.63, 3.8) is 0 Å². The highest BCUT2D eigenvalue weighted by Crippen LogP contribution is 2.28. The van der Waals surface area contributed by atoms with Crippen LogP contribution in [0.2, 0.25) is 5.02 Å². The summed E-state index contributed by atoms with van der Waals surface area (Å²) in [6.07, 6.45) is 5.07. The Labute approximate surface area is 137 Å². The number of likely N-dealkylation sites (tertiary alicyclic amines) is 1. The molecule has 1 aliphatic carbocycles. The van der Waals surface area contributed by atoms with Crippen molar-refractivity contribution in [2.75, 3.05) is 31.5 Å². The van der Waals surface area contributed by atoms with E-state index in [2.05, 4.69) is 15.5 Å². The third kappa shape index (κ3) is 4.97. The van der Waals surface area contributed by atoms with Crippen LogP contribution in [-0.2, 0) is 4.79 Å². The summed E-state index contributed by atoms with van der Waals surface area (Å²) in [6, 6.07) is 7.91. The maximum atomic E-state index is 12.1. The quantitative estimate of drug-likeness (QED) is 0.847. The van der Waals surface area contributed by atoms with Gasteiger partial charge in [-0.05, 0) is 56.3 Å². The molecule has 0 spiro atoms. The third-order valence-electron chi connectivity index (χ3n) is 4.46. The van der Waals surface area contributed by atoms with E-state index in [0.717, 1.165) is 37.5 Å². The van der Waals surface area contributed by atoms with E-state index in [1.165, 1.54) is 19.4 Å². The second kappa shape index (κ2) is 7.44. The largest absolute Gasteiger partial charge is 0.325 e. The van der Waals surface area contributed by atoms with Crippen LogP contribution in [0.4, 0.5) is 5.69 Å². The Morgan fingerprint density at radius 1 is 1.23 bits per heavy atom. The molecule has 1 heterocycles. The number of hydrogen-bond acceptors (Lipinski definition) is 3. The van der Waals surface area contributed by atoms with E-state index >= 15 is 0 Å². The number of anilines is 1. The molecule has 1 aliphatic heterocycles. The summed E-state index contributed by atoms with van der Waals surface area (Å²) in [6.45, 7) is 3.62. The van der Waals surface area contributed by atoms with E-state index in [1.54, 1.807) is 12.1 Å². The molecule has 2 N–H and O–H groups in total. The summed E-state index contributed by atoms with van der Waals surface area (Å²) in [4.78, 5) is 14.3. The summed E-state index contributed by atoms with van der Waals surface area (Å²) in [5, 5.41) is 7.21. The molecule has 0 bridgehead atoms. The van der Waals surface area contributed by atoms with Crippen molar-refractivity contribution in [2.45, 2.75) is 31.7 Å². The first-order chi connectivity index (χ1) is 10.7. The van der Waals surface area contributed by atoms with Gasteiger partial charge < -0.3 is 10.6 Å². The van der Waals surface area contributed by atoms with Gasteiger partial charge in [0.2, 0.25) is 5.91 Å². The number of amides is 1. The summed E-state index contributed by atoms with van der Waals surface area (Å²) in [5.74, 6) is 0.966. The zero-order valence-electron chi connectivity index (χ0n) is 12.9. The van der Waals surface area contributed by atoms with Gasteiger partial charge in [0, 0.05) is 29.8 Å². The van der Waals surface area contributed by atoms with Crippen LogP contribution in [0.5, 0.6) is 0 Å². The number of nitrogens with one attached hydrogen (secondary N) is 2. The minimum Gasteiger partial charge on any atom is -0.325 e. The fourth-order valence-electron chi connectivity index (χ4n) is 2.92. The highest BCUT2D eigenvalue weighted by atomic mass is 35.5. The Kier molecular flexibility index (Phi) is 5.34. The Hall–Kier alpha value is -1.10. The molecule has 4 nitrogen and oxygen atoms in total. The zero-order chi connectivity index (χ0) is 15.4. The molecule has 0 radical (unpaired) electrons. The molecule has 5 heteroatoms. The van der Waals surface area contributed by atoms with Gasteiger partial charge in [-0.1, -0.05) is 17.7 Å². The Morgan fingerprint density at radius 2 is 2.00 bits per heavy atom. The summed E-state index contributed by atoms with van der Waals surface area (Å²) >= 11 is 5.92. The number of rotatable bonds is 6. The number of carbonyl (C=O) groups excluding carboxylic acids is 1. The molecule has 0 unspecified atom stereocenters. The van der Waals surface area contributed by atoms with Crippen molar-refractivity contribution < 1.29 is 4.79 Å². The van der Waals surface area contributed by atoms with E-state index in [1.807, 2.05) is 12.1 Å². The van der Waals surface area contributed by atoms with E-state index in [0.29, 0.717) is 17.6 Å². The monoisotopic (exact) mass is 321 g/mol. The van der Waals surface area contributed by atoms with Crippen LogP contribution in [0.25, 0.3) is 0 Å². The lowest BCUT2D eigenvalue weighted by Gasteiger charge is -2.32. The van der Waals surface area contributed by atoms with E-state index in [4.69, 9.17) is 11.6 Å². The van der Waals surface area contributed by atoms with E-state index in [-0.39, 0.29) is 5.91 Å². The third-order valence-corrected chi connectivity index (χ3v) is 4.69. The van der Waals surface area contributed by atoms with Crippen LogP contribution >= 0.6 is 11.6 Å². The van der Waals surface area contributed by atoms with Crippen molar-refractivity contribution >= 4 is 23.2 Å². The molecule has 1 aromatic carbocycles. The van der Waals surface area contributed by atoms with Gasteiger partial charge in [-0.3, -0.25) is 9.69 Å². The van der Waals surface area contributed by atoms with Gasteiger partial charge in [-0.2, -0.15) is 0 Å². The highest BCUT2D eigenvalue weighted by Gasteiger charge is 2.24. The molecular weight excluding hydrogens is 298 g/mol. The van der Waals surface area contributed by atoms with Gasteiger partial charge in [0.1, 0.15) is 0 Å². The maximum Gasteiger partial charge on any atom is 0.238 e. The smallest absolute Gasteiger partial charge is 0.238 e. The van der Waals surface area contributed by atoms with Crippen LogP contribution in [0.3, 0.4) is 0 Å². The average molecular weight is 322 g/mol. The van der Waals surface area contributed by atoms with Gasteiger partial charge in [-0.15, -0.1) is 0 Å². The Balaban J connectivity index is 1.37. The van der Waals surface area contributed by atoms with Crippen molar-refractivity contribution in [1.29, 1.82) is 0 Å². The molecule has 0 aromatic heterocycles. The fourth-order valence-corrected chi connectivity index (χ4v) is 3.11. The predicted octanol–water partition coefficient (Wildman–Crippen LogP) is 2.74. The van der Waals surface area contributed by atoms with Crippen molar-refractivity contribution in [1.82, 2.24) is 10.2 Å². The molecule has 3 rings (SSSR count). The van der Waals surface area contributed by atoms with Gasteiger partial charge in [0.15, 0.2) is 0 Å². The van der Waals surface area contributed by atoms with E-state index < -0.39 is 0 Å². The Morgan fingerprint density at radius 3 is 2.68 bits per heavy atom. The normalized spacial score (nSPS) is 20.0. The zero-order valence-corrected chi connectivity index (χ0v) is 13.6. The van der Waals surface area contributed by atoms with E-state index in [9.17, 15) is 4.79 Å². The molecule has 1 saturated carbocycles. The first-order valence-electron chi connectivity index (χ1n) is 8.20. The molecule has 120 valence electrons. The van der Waals surface area contributed by atoms with Gasteiger partial charge in [0.25, 0.3) is 0 Å². The molecule has 1 saturated heterocycles. The molecule has 1 amide bonds. The van der Waals surface area contributed by atoms with Crippen LogP contribution in [0.1, 0.15) is 25.7 Å². The number of benzene rings is 1. The SMILES string of the molecule is O=C(CN1CCC(NCC2CC2)CC1)Nc1cccc(Cl)c1.